The third-order valence-corrected chi connectivity index (χ3v) is 4.07. The summed E-state index contributed by atoms with van der Waals surface area (Å²) >= 11 is 0. The van der Waals surface area contributed by atoms with Gasteiger partial charge in [-0.05, 0) is 25.0 Å². The molecule has 16 heavy (non-hydrogen) atoms. The van der Waals surface area contributed by atoms with Crippen LogP contribution >= 0.6 is 0 Å². The minimum atomic E-state index is -3.31. The van der Waals surface area contributed by atoms with Crippen LogP contribution in [-0.4, -0.2) is 14.2 Å². The fourth-order valence-corrected chi connectivity index (χ4v) is 2.89. The van der Waals surface area contributed by atoms with E-state index in [1.807, 2.05) is 6.07 Å². The van der Waals surface area contributed by atoms with E-state index in [0.717, 1.165) is 0 Å². The van der Waals surface area contributed by atoms with Crippen molar-refractivity contribution in [1.29, 1.82) is 5.26 Å². The first-order chi connectivity index (χ1) is 7.58. The zero-order valence-electron chi connectivity index (χ0n) is 8.89. The van der Waals surface area contributed by atoms with Crippen LogP contribution in [0.3, 0.4) is 0 Å². The van der Waals surface area contributed by atoms with Gasteiger partial charge in [0.2, 0.25) is 0 Å². The summed E-state index contributed by atoms with van der Waals surface area (Å²) in [4.78, 5) is 0.187. The van der Waals surface area contributed by atoms with Gasteiger partial charge in [0.25, 0.3) is 0 Å². The van der Waals surface area contributed by atoms with Crippen LogP contribution in [0.4, 0.5) is 5.69 Å². The zero-order valence-corrected chi connectivity index (χ0v) is 9.70. The van der Waals surface area contributed by atoms with Crippen LogP contribution in [0.1, 0.15) is 19.3 Å². The Bertz CT molecular complexity index is 489. The lowest BCUT2D eigenvalue weighted by molar-refractivity contribution is 0.592. The van der Waals surface area contributed by atoms with Crippen molar-refractivity contribution < 1.29 is 8.42 Å². The fraction of sp³-hybridized carbons (Fsp3) is 0.364. The molecule has 0 atom stereocenters. The Kier molecular flexibility index (Phi) is 4.32. The van der Waals surface area contributed by atoms with E-state index in [9.17, 15) is 8.42 Å². The number of anilines is 1. The summed E-state index contributed by atoms with van der Waals surface area (Å²) in [6, 6.07) is 8.42. The molecule has 0 fully saturated rings. The Morgan fingerprint density at radius 2 is 1.94 bits per heavy atom. The Morgan fingerprint density at radius 1 is 1.25 bits per heavy atom. The van der Waals surface area contributed by atoms with Crippen molar-refractivity contribution >= 4 is 15.5 Å². The van der Waals surface area contributed by atoms with Gasteiger partial charge < -0.3 is 5.73 Å². The molecule has 0 spiro atoms. The second kappa shape index (κ2) is 5.52. The van der Waals surface area contributed by atoms with Crippen LogP contribution in [0, 0.1) is 11.3 Å². The summed E-state index contributed by atoms with van der Waals surface area (Å²) in [7, 11) is -3.31. The number of nitrogen functional groups attached to an aromatic ring is 1. The van der Waals surface area contributed by atoms with E-state index in [1.54, 1.807) is 18.2 Å². The second-order valence-electron chi connectivity index (χ2n) is 3.47. The molecule has 5 heteroatoms. The number of nitrogens with two attached hydrogens (primary N) is 1. The summed E-state index contributed by atoms with van der Waals surface area (Å²) in [6.07, 6.45) is 1.48. The Balaban J connectivity index is 2.72. The lowest BCUT2D eigenvalue weighted by Crippen LogP contribution is -2.09. The first kappa shape index (κ1) is 12.5. The number of nitrogens with zero attached hydrogens (tertiary/aromatic N) is 1. The minimum absolute atomic E-state index is 0.0445. The van der Waals surface area contributed by atoms with Crippen LogP contribution in [0.25, 0.3) is 0 Å². The van der Waals surface area contributed by atoms with E-state index in [-0.39, 0.29) is 16.3 Å². The Labute approximate surface area is 95.6 Å². The monoisotopic (exact) mass is 238 g/mol. The van der Waals surface area contributed by atoms with Crippen LogP contribution in [-0.2, 0) is 9.84 Å². The van der Waals surface area contributed by atoms with Crippen LogP contribution in [0.2, 0.25) is 0 Å². The van der Waals surface area contributed by atoms with E-state index in [2.05, 4.69) is 0 Å². The van der Waals surface area contributed by atoms with Crippen LogP contribution in [0.15, 0.2) is 29.2 Å². The normalized spacial score (nSPS) is 10.9. The number of hydrogen-bond donors (Lipinski definition) is 1. The number of benzene rings is 1. The van der Waals surface area contributed by atoms with Gasteiger partial charge >= 0.3 is 0 Å². The van der Waals surface area contributed by atoms with E-state index < -0.39 is 9.84 Å². The summed E-state index contributed by atoms with van der Waals surface area (Å²) in [5.41, 5.74) is 5.89. The standard InChI is InChI=1S/C11H14N2O2S/c12-8-4-1-5-9-16(14,15)11-7-3-2-6-10(11)13/h2-3,6-7H,1,4-5,9,13H2. The third-order valence-electron chi connectivity index (χ3n) is 2.21. The highest BCUT2D eigenvalue weighted by Gasteiger charge is 2.16. The van der Waals surface area contributed by atoms with E-state index in [1.165, 1.54) is 6.07 Å². The molecule has 0 aliphatic heterocycles. The van der Waals surface area contributed by atoms with Crippen molar-refractivity contribution in [3.63, 3.8) is 0 Å². The average molecular weight is 238 g/mol. The molecule has 0 aliphatic carbocycles. The zero-order chi connectivity index (χ0) is 12.0. The highest BCUT2D eigenvalue weighted by atomic mass is 32.2. The molecule has 0 aromatic heterocycles. The number of nitriles is 1. The molecule has 0 heterocycles. The van der Waals surface area contributed by atoms with Gasteiger partial charge in [-0.3, -0.25) is 0 Å². The van der Waals surface area contributed by atoms with Crippen molar-refractivity contribution in [2.45, 2.75) is 24.2 Å². The van der Waals surface area contributed by atoms with Gasteiger partial charge in [-0.1, -0.05) is 12.1 Å². The molecule has 1 aromatic carbocycles. The van der Waals surface area contributed by atoms with Gasteiger partial charge in [0.05, 0.1) is 22.4 Å². The summed E-state index contributed by atoms with van der Waals surface area (Å²) in [6.45, 7) is 0. The van der Waals surface area contributed by atoms with Crippen molar-refractivity contribution in [3.05, 3.63) is 24.3 Å². The lowest BCUT2D eigenvalue weighted by atomic mass is 10.3. The van der Waals surface area contributed by atoms with Gasteiger partial charge in [-0.15, -0.1) is 0 Å². The highest BCUT2D eigenvalue weighted by molar-refractivity contribution is 7.91. The lowest BCUT2D eigenvalue weighted by Gasteiger charge is -2.06. The van der Waals surface area contributed by atoms with Crippen LogP contribution < -0.4 is 5.73 Å². The molecule has 0 radical (unpaired) electrons. The molecule has 0 bridgehead atoms. The van der Waals surface area contributed by atoms with Crippen molar-refractivity contribution in [3.8, 4) is 6.07 Å². The molecule has 4 nitrogen and oxygen atoms in total. The Hall–Kier alpha value is -1.54. The molecule has 2 N–H and O–H groups in total. The maximum absolute atomic E-state index is 11.9. The van der Waals surface area contributed by atoms with Gasteiger partial charge in [0.1, 0.15) is 0 Å². The molecule has 0 aliphatic rings. The molecular formula is C11H14N2O2S. The van der Waals surface area contributed by atoms with E-state index in [0.29, 0.717) is 19.3 Å². The SMILES string of the molecule is N#CCCCCS(=O)(=O)c1ccccc1N. The quantitative estimate of drug-likeness (QED) is 0.625. The topological polar surface area (TPSA) is 84.0 Å². The maximum atomic E-state index is 11.9. The summed E-state index contributed by atoms with van der Waals surface area (Å²) < 4.78 is 23.7. The van der Waals surface area contributed by atoms with Crippen molar-refractivity contribution in [1.82, 2.24) is 0 Å². The van der Waals surface area contributed by atoms with Gasteiger partial charge in [0, 0.05) is 6.42 Å². The predicted octanol–water partition coefficient (Wildman–Crippen LogP) is 1.74. The molecule has 86 valence electrons. The van der Waals surface area contributed by atoms with Gasteiger partial charge in [-0.25, -0.2) is 8.42 Å². The number of para-hydroxylation sites is 1. The summed E-state index contributed by atoms with van der Waals surface area (Å²) in [5.74, 6) is 0.0445. The van der Waals surface area contributed by atoms with Crippen LogP contribution in [0.5, 0.6) is 0 Å². The smallest absolute Gasteiger partial charge is 0.180 e. The number of sulfone groups is 1. The predicted molar refractivity (Wildman–Crippen MR) is 62.4 cm³/mol. The second-order valence-corrected chi connectivity index (χ2v) is 5.55. The Morgan fingerprint density at radius 3 is 2.56 bits per heavy atom. The summed E-state index contributed by atoms with van der Waals surface area (Å²) in [5, 5.41) is 8.34. The highest BCUT2D eigenvalue weighted by Crippen LogP contribution is 2.19. The fourth-order valence-electron chi connectivity index (χ4n) is 1.37. The third kappa shape index (κ3) is 3.24. The largest absolute Gasteiger partial charge is 0.398 e. The number of rotatable bonds is 5. The average Bonchev–Trinajstić information content (AvgIpc) is 2.25. The van der Waals surface area contributed by atoms with Gasteiger partial charge in [-0.2, -0.15) is 5.26 Å². The molecule has 0 saturated carbocycles. The molecule has 0 amide bonds. The van der Waals surface area contributed by atoms with Gasteiger partial charge in [0.15, 0.2) is 9.84 Å². The molecule has 0 unspecified atom stereocenters. The first-order valence-corrected chi connectivity index (χ1v) is 6.67. The number of unbranched alkanes of at least 4 members (excludes halogenated alkanes) is 2. The van der Waals surface area contributed by atoms with E-state index in [4.69, 9.17) is 11.0 Å². The minimum Gasteiger partial charge on any atom is -0.398 e. The molecule has 1 rings (SSSR count). The first-order valence-electron chi connectivity index (χ1n) is 5.02. The molecule has 0 saturated heterocycles. The van der Waals surface area contributed by atoms with E-state index >= 15 is 0 Å². The molecule has 1 aromatic rings. The van der Waals surface area contributed by atoms with Crippen molar-refractivity contribution in [2.75, 3.05) is 11.5 Å². The maximum Gasteiger partial charge on any atom is 0.180 e. The van der Waals surface area contributed by atoms with Crippen molar-refractivity contribution in [2.24, 2.45) is 0 Å². The number of hydrogen-bond acceptors (Lipinski definition) is 4. The molecular weight excluding hydrogens is 224 g/mol.